The first-order valence-corrected chi connectivity index (χ1v) is 3.88. The van der Waals surface area contributed by atoms with Gasteiger partial charge in [-0.2, -0.15) is 0 Å². The number of ether oxygens (including phenoxy) is 1. The van der Waals surface area contributed by atoms with Gasteiger partial charge in [-0.05, 0) is 0 Å². The van der Waals surface area contributed by atoms with E-state index in [-0.39, 0.29) is 0 Å². The van der Waals surface area contributed by atoms with Crippen LogP contribution < -0.4 is 0 Å². The van der Waals surface area contributed by atoms with Crippen molar-refractivity contribution in [3.05, 3.63) is 0 Å². The minimum absolute atomic E-state index is 0.406. The molecule has 6 heteroatoms. The molecule has 1 fully saturated rings. The van der Waals surface area contributed by atoms with E-state index in [1.165, 1.54) is 4.90 Å². The molecule has 1 rings (SSSR count). The SMILES string of the molecule is O=C(C(Cl)=NO)N1CCOCC1. The summed E-state index contributed by atoms with van der Waals surface area (Å²) in [5, 5.41) is 10.4. The average Bonchev–Trinajstić information content (AvgIpc) is 2.17. The molecule has 0 saturated carbocycles. The van der Waals surface area contributed by atoms with E-state index >= 15 is 0 Å². The van der Waals surface area contributed by atoms with Gasteiger partial charge in [-0.1, -0.05) is 16.8 Å². The average molecular weight is 193 g/mol. The number of hydrogen-bond acceptors (Lipinski definition) is 4. The lowest BCUT2D eigenvalue weighted by atomic mass is 10.4. The van der Waals surface area contributed by atoms with E-state index in [9.17, 15) is 4.79 Å². The molecule has 0 aliphatic carbocycles. The Kier molecular flexibility index (Phi) is 3.31. The zero-order chi connectivity index (χ0) is 8.97. The smallest absolute Gasteiger partial charge is 0.287 e. The van der Waals surface area contributed by atoms with Crippen molar-refractivity contribution in [1.29, 1.82) is 0 Å². The first kappa shape index (κ1) is 9.28. The van der Waals surface area contributed by atoms with Gasteiger partial charge in [0.25, 0.3) is 5.91 Å². The summed E-state index contributed by atoms with van der Waals surface area (Å²) in [6, 6.07) is 0. The number of oxime groups is 1. The molecule has 1 heterocycles. The second kappa shape index (κ2) is 4.27. The third-order valence-corrected chi connectivity index (χ3v) is 1.80. The highest BCUT2D eigenvalue weighted by molar-refractivity contribution is 6.82. The molecule has 12 heavy (non-hydrogen) atoms. The van der Waals surface area contributed by atoms with E-state index in [4.69, 9.17) is 21.5 Å². The van der Waals surface area contributed by atoms with Crippen LogP contribution in [0, 0.1) is 0 Å². The Morgan fingerprint density at radius 3 is 2.58 bits per heavy atom. The standard InChI is InChI=1S/C6H9ClN2O3/c7-5(8-11)6(10)9-1-3-12-4-2-9/h11H,1-4H2. The predicted octanol–water partition coefficient (Wildman–Crippen LogP) is -0.128. The first-order chi connectivity index (χ1) is 5.75. The molecule has 0 atom stereocenters. The van der Waals surface area contributed by atoms with Crippen LogP contribution >= 0.6 is 11.6 Å². The van der Waals surface area contributed by atoms with Gasteiger partial charge >= 0.3 is 0 Å². The van der Waals surface area contributed by atoms with Gasteiger partial charge in [-0.15, -0.1) is 0 Å². The third kappa shape index (κ3) is 2.09. The van der Waals surface area contributed by atoms with E-state index in [1.807, 2.05) is 0 Å². The molecule has 0 aromatic heterocycles. The molecule has 0 unspecified atom stereocenters. The van der Waals surface area contributed by atoms with Gasteiger partial charge in [-0.25, -0.2) is 0 Å². The van der Waals surface area contributed by atoms with Crippen molar-refractivity contribution in [1.82, 2.24) is 4.90 Å². The van der Waals surface area contributed by atoms with Crippen molar-refractivity contribution in [2.45, 2.75) is 0 Å². The lowest BCUT2D eigenvalue weighted by molar-refractivity contribution is -0.127. The number of carbonyl (C=O) groups excluding carboxylic acids is 1. The van der Waals surface area contributed by atoms with Crippen LogP contribution in [0.2, 0.25) is 0 Å². The molecule has 1 amide bonds. The van der Waals surface area contributed by atoms with Crippen LogP contribution in [0.15, 0.2) is 5.16 Å². The normalized spacial score (nSPS) is 19.4. The lowest BCUT2D eigenvalue weighted by Crippen LogP contribution is -2.42. The van der Waals surface area contributed by atoms with Crippen molar-refractivity contribution < 1.29 is 14.7 Å². The second-order valence-corrected chi connectivity index (χ2v) is 2.65. The molecule has 68 valence electrons. The van der Waals surface area contributed by atoms with Crippen molar-refractivity contribution in [3.8, 4) is 0 Å². The molecule has 0 spiro atoms. The van der Waals surface area contributed by atoms with Crippen molar-refractivity contribution in [3.63, 3.8) is 0 Å². The van der Waals surface area contributed by atoms with E-state index in [0.29, 0.717) is 26.3 Å². The highest BCUT2D eigenvalue weighted by Crippen LogP contribution is 2.00. The minimum atomic E-state index is -0.456. The van der Waals surface area contributed by atoms with E-state index < -0.39 is 11.1 Å². The Morgan fingerprint density at radius 1 is 1.50 bits per heavy atom. The highest BCUT2D eigenvalue weighted by atomic mass is 35.5. The fourth-order valence-corrected chi connectivity index (χ4v) is 1.06. The second-order valence-electron chi connectivity index (χ2n) is 2.30. The predicted molar refractivity (Wildman–Crippen MR) is 42.5 cm³/mol. The summed E-state index contributed by atoms with van der Waals surface area (Å²) in [4.78, 5) is 12.7. The molecule has 0 aromatic rings. The van der Waals surface area contributed by atoms with Crippen LogP contribution in [-0.2, 0) is 9.53 Å². The number of carbonyl (C=O) groups is 1. The molecular weight excluding hydrogens is 184 g/mol. The van der Waals surface area contributed by atoms with Crippen LogP contribution in [0.25, 0.3) is 0 Å². The zero-order valence-corrected chi connectivity index (χ0v) is 7.12. The van der Waals surface area contributed by atoms with Gasteiger partial charge in [0.2, 0.25) is 5.17 Å². The number of halogens is 1. The Bertz CT molecular complexity index is 201. The monoisotopic (exact) mass is 192 g/mol. The summed E-state index contributed by atoms with van der Waals surface area (Å²) in [6.45, 7) is 1.98. The maximum absolute atomic E-state index is 11.2. The van der Waals surface area contributed by atoms with Gasteiger partial charge in [0.15, 0.2) is 0 Å². The van der Waals surface area contributed by atoms with Crippen molar-refractivity contribution in [2.75, 3.05) is 26.3 Å². The Balaban J connectivity index is 2.51. The maximum atomic E-state index is 11.2. The van der Waals surface area contributed by atoms with E-state index in [2.05, 4.69) is 5.16 Å². The Labute approximate surface area is 74.5 Å². The molecule has 0 bridgehead atoms. The molecule has 0 aromatic carbocycles. The van der Waals surface area contributed by atoms with Gasteiger partial charge in [0.05, 0.1) is 13.2 Å². The highest BCUT2D eigenvalue weighted by Gasteiger charge is 2.20. The Hall–Kier alpha value is -0.810. The molecule has 1 N–H and O–H groups in total. The molecule has 1 aliphatic heterocycles. The number of hydrogen-bond donors (Lipinski definition) is 1. The van der Waals surface area contributed by atoms with Crippen molar-refractivity contribution in [2.24, 2.45) is 5.16 Å². The summed E-state index contributed by atoms with van der Waals surface area (Å²) >= 11 is 5.32. The quantitative estimate of drug-likeness (QED) is 0.358. The first-order valence-electron chi connectivity index (χ1n) is 3.50. The summed E-state index contributed by atoms with van der Waals surface area (Å²) < 4.78 is 5.02. The van der Waals surface area contributed by atoms with Crippen LogP contribution in [0.5, 0.6) is 0 Å². The van der Waals surface area contributed by atoms with E-state index in [1.54, 1.807) is 0 Å². The number of amides is 1. The third-order valence-electron chi connectivity index (χ3n) is 1.56. The largest absolute Gasteiger partial charge is 0.409 e. The topological polar surface area (TPSA) is 62.1 Å². The Morgan fingerprint density at radius 2 is 2.08 bits per heavy atom. The van der Waals surface area contributed by atoms with Crippen molar-refractivity contribution >= 4 is 22.7 Å². The molecule has 0 radical (unpaired) electrons. The summed E-state index contributed by atoms with van der Waals surface area (Å²) in [7, 11) is 0. The van der Waals surface area contributed by atoms with Crippen LogP contribution in [0.4, 0.5) is 0 Å². The number of rotatable bonds is 1. The van der Waals surface area contributed by atoms with Crippen LogP contribution in [0.1, 0.15) is 0 Å². The fraction of sp³-hybridized carbons (Fsp3) is 0.667. The van der Waals surface area contributed by atoms with E-state index in [0.717, 1.165) is 0 Å². The number of nitrogens with zero attached hydrogens (tertiary/aromatic N) is 2. The summed E-state index contributed by atoms with van der Waals surface area (Å²) in [6.07, 6.45) is 0. The maximum Gasteiger partial charge on any atom is 0.287 e. The fourth-order valence-electron chi connectivity index (χ4n) is 0.940. The lowest BCUT2D eigenvalue weighted by Gasteiger charge is -2.25. The summed E-state index contributed by atoms with van der Waals surface area (Å²) in [5.41, 5.74) is 0. The molecule has 1 aliphatic rings. The van der Waals surface area contributed by atoms with Crippen LogP contribution in [-0.4, -0.2) is 47.5 Å². The van der Waals surface area contributed by atoms with Gasteiger partial charge < -0.3 is 14.8 Å². The zero-order valence-electron chi connectivity index (χ0n) is 6.36. The van der Waals surface area contributed by atoms with Gasteiger partial charge in [0.1, 0.15) is 0 Å². The minimum Gasteiger partial charge on any atom is -0.409 e. The molecular formula is C6H9ClN2O3. The van der Waals surface area contributed by atoms with Crippen LogP contribution in [0.3, 0.4) is 0 Å². The number of morpholine rings is 1. The molecule has 5 nitrogen and oxygen atoms in total. The van der Waals surface area contributed by atoms with Gasteiger partial charge in [-0.3, -0.25) is 4.79 Å². The summed E-state index contributed by atoms with van der Waals surface area (Å²) in [5.74, 6) is -0.456. The van der Waals surface area contributed by atoms with Gasteiger partial charge in [0, 0.05) is 13.1 Å². The molecule has 1 saturated heterocycles.